The maximum atomic E-state index is 2.54. The van der Waals surface area contributed by atoms with Gasteiger partial charge in [-0.25, -0.2) is 0 Å². The molecule has 1 heterocycles. The van der Waals surface area contributed by atoms with Crippen LogP contribution in [0.4, 0.5) is 0 Å². The van der Waals surface area contributed by atoms with Crippen molar-refractivity contribution in [3.63, 3.8) is 0 Å². The Morgan fingerprint density at radius 1 is 0.781 bits per heavy atom. The van der Waals surface area contributed by atoms with Crippen LogP contribution in [0.5, 0.6) is 0 Å². The zero-order valence-corrected chi connectivity index (χ0v) is 20.5. The molecule has 32 heavy (non-hydrogen) atoms. The van der Waals surface area contributed by atoms with Crippen molar-refractivity contribution in [1.82, 2.24) is 0 Å². The Morgan fingerprint density at radius 2 is 1.44 bits per heavy atom. The molecule has 160 valence electrons. The van der Waals surface area contributed by atoms with Gasteiger partial charge in [0.25, 0.3) is 0 Å². The standard InChI is InChI=1S/C31H32Si/c1-23-19-24(2)31(25(3)20-23)32(28-17-11-6-12-18-28)29(21-26-13-7-4-8-14-26)22-30(32)27-15-9-5-10-16-27/h4,6-8,11-15,17-22H,5,9-10,16H2,1-3H3/b29-21-. The van der Waals surface area contributed by atoms with Crippen LogP contribution in [-0.4, -0.2) is 8.07 Å². The minimum Gasteiger partial charge on any atom is -0.0814 e. The Kier molecular flexibility index (Phi) is 5.61. The van der Waals surface area contributed by atoms with Gasteiger partial charge in [0.15, 0.2) is 8.07 Å². The van der Waals surface area contributed by atoms with Crippen molar-refractivity contribution in [3.8, 4) is 0 Å². The molecule has 0 amide bonds. The molecule has 0 spiro atoms. The van der Waals surface area contributed by atoms with E-state index in [4.69, 9.17) is 0 Å². The van der Waals surface area contributed by atoms with Crippen LogP contribution in [0.2, 0.25) is 0 Å². The summed E-state index contributed by atoms with van der Waals surface area (Å²) in [6.45, 7) is 6.89. The second kappa shape index (κ2) is 8.56. The van der Waals surface area contributed by atoms with Gasteiger partial charge in [0, 0.05) is 0 Å². The number of hydrogen-bond donors (Lipinski definition) is 0. The predicted molar refractivity (Wildman–Crippen MR) is 141 cm³/mol. The molecule has 0 nitrogen and oxygen atoms in total. The van der Waals surface area contributed by atoms with Gasteiger partial charge in [-0.2, -0.15) is 0 Å². The SMILES string of the molecule is Cc1cc(C)c([Si]2(c3ccccc3)C(C3=CCCCC3)=C/C2=C/c2ccccc2)c(C)c1. The smallest absolute Gasteiger partial charge is 0.0814 e. The summed E-state index contributed by atoms with van der Waals surface area (Å²) in [5.74, 6) is 0. The van der Waals surface area contributed by atoms with Crippen molar-refractivity contribution < 1.29 is 0 Å². The first kappa shape index (κ1) is 21.0. The van der Waals surface area contributed by atoms with Gasteiger partial charge in [0.05, 0.1) is 0 Å². The molecule has 0 saturated carbocycles. The summed E-state index contributed by atoms with van der Waals surface area (Å²) in [4.78, 5) is 0. The molecule has 1 aliphatic carbocycles. The van der Waals surface area contributed by atoms with Gasteiger partial charge in [-0.3, -0.25) is 0 Å². The van der Waals surface area contributed by atoms with Gasteiger partial charge in [0.1, 0.15) is 0 Å². The second-order valence-corrected chi connectivity index (χ2v) is 13.1. The van der Waals surface area contributed by atoms with E-state index in [2.05, 4.69) is 112 Å². The van der Waals surface area contributed by atoms with E-state index in [1.807, 2.05) is 0 Å². The molecule has 0 saturated heterocycles. The summed E-state index contributed by atoms with van der Waals surface area (Å²) in [7, 11) is -2.28. The topological polar surface area (TPSA) is 0 Å². The lowest BCUT2D eigenvalue weighted by Gasteiger charge is -2.47. The van der Waals surface area contributed by atoms with Crippen molar-refractivity contribution >= 4 is 24.5 Å². The van der Waals surface area contributed by atoms with E-state index in [0.717, 1.165) is 0 Å². The first-order chi connectivity index (χ1) is 15.6. The Hall–Kier alpha value is -2.90. The zero-order valence-electron chi connectivity index (χ0n) is 19.5. The van der Waals surface area contributed by atoms with Gasteiger partial charge in [-0.1, -0.05) is 113 Å². The zero-order chi connectivity index (χ0) is 22.1. The molecule has 1 atom stereocenters. The second-order valence-electron chi connectivity index (χ2n) is 9.43. The quantitative estimate of drug-likeness (QED) is 0.399. The summed E-state index contributed by atoms with van der Waals surface area (Å²) < 4.78 is 0. The van der Waals surface area contributed by atoms with Crippen molar-refractivity contribution in [1.29, 1.82) is 0 Å². The van der Waals surface area contributed by atoms with Crippen molar-refractivity contribution in [2.75, 3.05) is 0 Å². The van der Waals surface area contributed by atoms with Crippen molar-refractivity contribution in [2.24, 2.45) is 0 Å². The van der Waals surface area contributed by atoms with Crippen LogP contribution in [0.1, 0.15) is 47.9 Å². The minimum atomic E-state index is -2.28. The highest BCUT2D eigenvalue weighted by Gasteiger charge is 2.52. The molecule has 1 heteroatoms. The number of benzene rings is 3. The number of rotatable bonds is 4. The first-order valence-electron chi connectivity index (χ1n) is 11.9. The lowest BCUT2D eigenvalue weighted by atomic mass is 9.98. The fourth-order valence-electron chi connectivity index (χ4n) is 5.95. The summed E-state index contributed by atoms with van der Waals surface area (Å²) in [6, 6.07) is 27.0. The van der Waals surface area contributed by atoms with Gasteiger partial charge in [0.2, 0.25) is 0 Å². The largest absolute Gasteiger partial charge is 0.180 e. The summed E-state index contributed by atoms with van der Waals surface area (Å²) >= 11 is 0. The Bertz CT molecular complexity index is 1200. The molecular formula is C31H32Si. The summed E-state index contributed by atoms with van der Waals surface area (Å²) in [5, 5.41) is 6.29. The van der Waals surface area contributed by atoms with Crippen LogP contribution >= 0.6 is 0 Å². The highest BCUT2D eigenvalue weighted by atomic mass is 28.3. The molecule has 3 aromatic rings. The molecule has 0 fully saturated rings. The van der Waals surface area contributed by atoms with E-state index in [1.165, 1.54) is 58.3 Å². The Labute approximate surface area is 194 Å². The third kappa shape index (κ3) is 3.45. The molecule has 1 aliphatic heterocycles. The highest BCUT2D eigenvalue weighted by molar-refractivity contribution is 7.16. The summed E-state index contributed by atoms with van der Waals surface area (Å²) in [6.07, 6.45) is 12.6. The molecule has 1 unspecified atom stereocenters. The molecule has 0 bridgehead atoms. The van der Waals surface area contributed by atoms with Crippen LogP contribution in [0.15, 0.2) is 101 Å². The molecule has 3 aromatic carbocycles. The fourth-order valence-corrected chi connectivity index (χ4v) is 11.4. The summed E-state index contributed by atoms with van der Waals surface area (Å²) in [5.41, 5.74) is 7.15. The average Bonchev–Trinajstić information content (AvgIpc) is 2.80. The number of hydrogen-bond acceptors (Lipinski definition) is 0. The van der Waals surface area contributed by atoms with Crippen LogP contribution in [0, 0.1) is 20.8 Å². The maximum absolute atomic E-state index is 2.54. The van der Waals surface area contributed by atoms with E-state index in [0.29, 0.717) is 0 Å². The predicted octanol–water partition coefficient (Wildman–Crippen LogP) is 6.78. The van der Waals surface area contributed by atoms with Gasteiger partial charge in [-0.05, 0) is 72.8 Å². The molecule has 5 rings (SSSR count). The Morgan fingerprint density at radius 3 is 2.06 bits per heavy atom. The molecule has 0 aromatic heterocycles. The van der Waals surface area contributed by atoms with Gasteiger partial charge >= 0.3 is 0 Å². The van der Waals surface area contributed by atoms with Crippen LogP contribution in [0.3, 0.4) is 0 Å². The van der Waals surface area contributed by atoms with E-state index >= 15 is 0 Å². The third-order valence-electron chi connectivity index (χ3n) is 7.15. The van der Waals surface area contributed by atoms with E-state index in [9.17, 15) is 0 Å². The molecular weight excluding hydrogens is 400 g/mol. The normalized spacial score (nSPS) is 21.7. The third-order valence-corrected chi connectivity index (χ3v) is 12.3. The van der Waals surface area contributed by atoms with Crippen molar-refractivity contribution in [3.05, 3.63) is 123 Å². The van der Waals surface area contributed by atoms with E-state index < -0.39 is 8.07 Å². The van der Waals surface area contributed by atoms with Crippen LogP contribution in [-0.2, 0) is 0 Å². The minimum absolute atomic E-state index is 1.22. The van der Waals surface area contributed by atoms with Crippen molar-refractivity contribution in [2.45, 2.75) is 46.5 Å². The molecule has 2 aliphatic rings. The number of aryl methyl sites for hydroxylation is 3. The molecule has 0 radical (unpaired) electrons. The highest BCUT2D eigenvalue weighted by Crippen LogP contribution is 2.44. The van der Waals surface area contributed by atoms with Crippen LogP contribution < -0.4 is 10.4 Å². The lowest BCUT2D eigenvalue weighted by molar-refractivity contribution is 0.709. The van der Waals surface area contributed by atoms with Gasteiger partial charge in [-0.15, -0.1) is 0 Å². The lowest BCUT2D eigenvalue weighted by Crippen LogP contribution is -2.67. The van der Waals surface area contributed by atoms with E-state index in [1.54, 1.807) is 16.0 Å². The monoisotopic (exact) mass is 432 g/mol. The fraction of sp³-hybridized carbons (Fsp3) is 0.226. The average molecular weight is 433 g/mol. The Balaban J connectivity index is 1.84. The first-order valence-corrected chi connectivity index (χ1v) is 13.9. The number of allylic oxidation sites excluding steroid dienone is 5. The van der Waals surface area contributed by atoms with Gasteiger partial charge < -0.3 is 0 Å². The van der Waals surface area contributed by atoms with E-state index in [-0.39, 0.29) is 0 Å². The molecule has 0 N–H and O–H groups in total. The maximum Gasteiger partial charge on any atom is 0.180 e. The van der Waals surface area contributed by atoms with Crippen LogP contribution in [0.25, 0.3) is 6.08 Å².